The Morgan fingerprint density at radius 3 is 2.46 bits per heavy atom. The Kier molecular flexibility index (Phi) is 7.78. The van der Waals surface area contributed by atoms with E-state index >= 15 is 0 Å². The van der Waals surface area contributed by atoms with E-state index in [0.717, 1.165) is 18.3 Å². The molecule has 4 heterocycles. The number of carbonyl (C=O) groups excluding carboxylic acids is 2. The minimum absolute atomic E-state index is 0.170. The fraction of sp³-hybridized carbons (Fsp3) is 0.407. The highest BCUT2D eigenvalue weighted by Gasteiger charge is 2.42. The molecule has 2 atom stereocenters. The summed E-state index contributed by atoms with van der Waals surface area (Å²) in [5, 5.41) is 16.5. The van der Waals surface area contributed by atoms with E-state index in [1.54, 1.807) is 12.1 Å². The number of nitrogens with zero attached hydrogens (tertiary/aromatic N) is 5. The molecular formula is C27H30F3N8O3-. The van der Waals surface area contributed by atoms with Crippen LogP contribution < -0.4 is 26.4 Å². The van der Waals surface area contributed by atoms with E-state index in [2.05, 4.69) is 35.5 Å². The van der Waals surface area contributed by atoms with Crippen LogP contribution in [-0.4, -0.2) is 50.1 Å². The molecule has 2 amide bonds. The molecule has 41 heavy (non-hydrogen) atoms. The van der Waals surface area contributed by atoms with E-state index in [4.69, 9.17) is 5.73 Å². The number of anilines is 3. The highest BCUT2D eigenvalue weighted by atomic mass is 19.4. The number of halogens is 3. The van der Waals surface area contributed by atoms with Gasteiger partial charge in [0.15, 0.2) is 17.3 Å². The maximum Gasteiger partial charge on any atom is 0.418 e. The van der Waals surface area contributed by atoms with Crippen LogP contribution in [0.4, 0.5) is 35.3 Å². The molecular weight excluding hydrogens is 541 g/mol. The number of nitrogen functional groups attached to an aromatic ring is 1. The zero-order chi connectivity index (χ0) is 30.2. The molecule has 218 valence electrons. The third-order valence-corrected chi connectivity index (χ3v) is 7.03. The van der Waals surface area contributed by atoms with Crippen molar-refractivity contribution in [2.45, 2.75) is 58.3 Å². The SMILES string of the molecule is CC1(NC(=O)[O-])CCN(c2cccnc2NC(=O)c2nc(-c3ncccc3C(F)(F)F)cnc2N)C(C(C)(C)C)C1. The van der Waals surface area contributed by atoms with E-state index in [-0.39, 0.29) is 28.8 Å². The maximum atomic E-state index is 13.6. The highest BCUT2D eigenvalue weighted by molar-refractivity contribution is 6.06. The number of pyridine rings is 2. The molecule has 0 radical (unpaired) electrons. The minimum atomic E-state index is -4.71. The van der Waals surface area contributed by atoms with Gasteiger partial charge in [0, 0.05) is 30.5 Å². The van der Waals surface area contributed by atoms with Gasteiger partial charge >= 0.3 is 6.18 Å². The lowest BCUT2D eigenvalue weighted by Gasteiger charge is -2.51. The molecule has 0 bridgehead atoms. The lowest BCUT2D eigenvalue weighted by atomic mass is 9.74. The Morgan fingerprint density at radius 1 is 1.12 bits per heavy atom. The Hall–Kier alpha value is -4.49. The molecule has 1 aliphatic rings. The Balaban J connectivity index is 1.67. The van der Waals surface area contributed by atoms with Crippen molar-refractivity contribution >= 4 is 29.3 Å². The summed E-state index contributed by atoms with van der Waals surface area (Å²) in [7, 11) is 0. The molecule has 0 aromatic carbocycles. The number of hydrogen-bond acceptors (Lipinski definition) is 9. The number of nitrogens with one attached hydrogen (secondary N) is 2. The summed E-state index contributed by atoms with van der Waals surface area (Å²) in [4.78, 5) is 42.9. The highest BCUT2D eigenvalue weighted by Crippen LogP contribution is 2.41. The second-order valence-electron chi connectivity index (χ2n) is 11.2. The molecule has 0 aliphatic carbocycles. The van der Waals surface area contributed by atoms with Crippen molar-refractivity contribution in [3.63, 3.8) is 0 Å². The van der Waals surface area contributed by atoms with Gasteiger partial charge in [0.2, 0.25) is 0 Å². The van der Waals surface area contributed by atoms with Crippen molar-refractivity contribution in [2.75, 3.05) is 22.5 Å². The monoisotopic (exact) mass is 571 g/mol. The summed E-state index contributed by atoms with van der Waals surface area (Å²) in [6, 6.07) is 5.30. The van der Waals surface area contributed by atoms with Crippen LogP contribution in [0.3, 0.4) is 0 Å². The zero-order valence-corrected chi connectivity index (χ0v) is 22.9. The molecule has 14 heteroatoms. The molecule has 1 saturated heterocycles. The fourth-order valence-corrected chi connectivity index (χ4v) is 4.99. The van der Waals surface area contributed by atoms with Gasteiger partial charge in [-0.05, 0) is 49.4 Å². The second-order valence-corrected chi connectivity index (χ2v) is 11.2. The van der Waals surface area contributed by atoms with E-state index in [0.29, 0.717) is 25.1 Å². The molecule has 4 rings (SSSR count). The standard InChI is InChI=1S/C27H31F3N8O3/c1-25(2,3)18-13-26(4,37-24(40)41)9-12-38(18)17-8-6-11-33-22(17)36-23(39)20-21(31)34-14-16(35-20)19-15(27(28,29)30)7-5-10-32-19/h5-8,10-11,14,18,37H,9,12-13H2,1-4H3,(H2,31,34)(H,40,41)(H,33,36,39)/p-1. The molecule has 2 unspecified atom stereocenters. The van der Waals surface area contributed by atoms with Gasteiger partial charge in [-0.2, -0.15) is 13.2 Å². The van der Waals surface area contributed by atoms with E-state index in [1.165, 1.54) is 12.4 Å². The largest absolute Gasteiger partial charge is 0.530 e. The number of amides is 2. The van der Waals surface area contributed by atoms with Gasteiger partial charge in [-0.3, -0.25) is 9.78 Å². The van der Waals surface area contributed by atoms with Crippen molar-refractivity contribution in [1.82, 2.24) is 25.3 Å². The smallest absolute Gasteiger partial charge is 0.418 e. The summed E-state index contributed by atoms with van der Waals surface area (Å²) in [6.45, 7) is 8.34. The predicted molar refractivity (Wildman–Crippen MR) is 144 cm³/mol. The predicted octanol–water partition coefficient (Wildman–Crippen LogP) is 3.49. The number of hydrogen-bond donors (Lipinski definition) is 3. The first-order valence-electron chi connectivity index (χ1n) is 12.8. The molecule has 0 spiro atoms. The van der Waals surface area contributed by atoms with Crippen LogP contribution in [0.5, 0.6) is 0 Å². The summed E-state index contributed by atoms with van der Waals surface area (Å²) in [6.07, 6.45) is -1.46. The molecule has 4 N–H and O–H groups in total. The van der Waals surface area contributed by atoms with E-state index < -0.39 is 40.7 Å². The topological polar surface area (TPSA) is 162 Å². The van der Waals surface area contributed by atoms with Crippen LogP contribution in [0.25, 0.3) is 11.4 Å². The third-order valence-electron chi connectivity index (χ3n) is 7.03. The maximum absolute atomic E-state index is 13.6. The lowest BCUT2D eigenvalue weighted by molar-refractivity contribution is -0.253. The number of alkyl halides is 3. The van der Waals surface area contributed by atoms with Gasteiger partial charge in [0.1, 0.15) is 17.5 Å². The van der Waals surface area contributed by atoms with Gasteiger partial charge in [-0.15, -0.1) is 0 Å². The van der Waals surface area contributed by atoms with Crippen molar-refractivity contribution in [2.24, 2.45) is 5.41 Å². The van der Waals surface area contributed by atoms with Crippen LogP contribution in [0.1, 0.15) is 56.6 Å². The molecule has 3 aromatic heterocycles. The van der Waals surface area contributed by atoms with E-state index in [1.807, 2.05) is 27.7 Å². The summed E-state index contributed by atoms with van der Waals surface area (Å²) < 4.78 is 40.7. The second kappa shape index (κ2) is 10.8. The van der Waals surface area contributed by atoms with Gasteiger partial charge < -0.3 is 31.2 Å². The van der Waals surface area contributed by atoms with Crippen LogP contribution >= 0.6 is 0 Å². The molecule has 1 aliphatic heterocycles. The van der Waals surface area contributed by atoms with Gasteiger partial charge in [-0.1, -0.05) is 20.8 Å². The van der Waals surface area contributed by atoms with Crippen molar-refractivity contribution in [3.8, 4) is 11.4 Å². The van der Waals surface area contributed by atoms with Crippen LogP contribution in [-0.2, 0) is 6.18 Å². The molecule has 1 fully saturated rings. The van der Waals surface area contributed by atoms with Crippen LogP contribution in [0, 0.1) is 5.41 Å². The number of rotatable bonds is 5. The van der Waals surface area contributed by atoms with Crippen molar-refractivity contribution in [1.29, 1.82) is 0 Å². The zero-order valence-electron chi connectivity index (χ0n) is 22.9. The van der Waals surface area contributed by atoms with Crippen LogP contribution in [0.15, 0.2) is 42.9 Å². The quantitative estimate of drug-likeness (QED) is 0.416. The van der Waals surface area contributed by atoms with Crippen molar-refractivity contribution < 1.29 is 27.9 Å². The first kappa shape index (κ1) is 29.5. The summed E-state index contributed by atoms with van der Waals surface area (Å²) in [5.74, 6) is -0.944. The Labute approximate surface area is 234 Å². The van der Waals surface area contributed by atoms with E-state index in [9.17, 15) is 27.9 Å². The van der Waals surface area contributed by atoms with Gasteiger partial charge in [0.05, 0.1) is 17.4 Å². The number of carbonyl (C=O) groups is 2. The average molecular weight is 572 g/mol. The average Bonchev–Trinajstić information content (AvgIpc) is 2.88. The first-order valence-corrected chi connectivity index (χ1v) is 12.8. The number of carboxylic acid groups (broad SMARTS) is 1. The number of piperidine rings is 1. The normalized spacial score (nSPS) is 19.5. The molecule has 0 saturated carbocycles. The van der Waals surface area contributed by atoms with Gasteiger partial charge in [-0.25, -0.2) is 15.0 Å². The van der Waals surface area contributed by atoms with Gasteiger partial charge in [0.25, 0.3) is 5.91 Å². The number of nitrogens with two attached hydrogens (primary N) is 1. The minimum Gasteiger partial charge on any atom is -0.530 e. The van der Waals surface area contributed by atoms with Crippen LogP contribution in [0.2, 0.25) is 0 Å². The first-order chi connectivity index (χ1) is 19.1. The Morgan fingerprint density at radius 2 is 1.80 bits per heavy atom. The number of aromatic nitrogens is 4. The Bertz CT molecular complexity index is 1460. The lowest BCUT2D eigenvalue weighted by Crippen LogP contribution is -2.62. The summed E-state index contributed by atoms with van der Waals surface area (Å²) >= 11 is 0. The molecule has 3 aromatic rings. The summed E-state index contributed by atoms with van der Waals surface area (Å²) in [5.41, 5.74) is 3.26. The fourth-order valence-electron chi connectivity index (χ4n) is 4.99. The van der Waals surface area contributed by atoms with Crippen molar-refractivity contribution in [3.05, 3.63) is 54.1 Å². The third kappa shape index (κ3) is 6.47. The molecule has 11 nitrogen and oxygen atoms in total.